The quantitative estimate of drug-likeness (QED) is 0.755. The molecule has 23 heavy (non-hydrogen) atoms. The second kappa shape index (κ2) is 8.78. The minimum Gasteiger partial charge on any atom is -0.469 e. The van der Waals surface area contributed by atoms with Crippen molar-refractivity contribution in [2.45, 2.75) is 26.2 Å². The number of rotatable bonds is 7. The Morgan fingerprint density at radius 1 is 1.48 bits per heavy atom. The largest absolute Gasteiger partial charge is 0.469 e. The van der Waals surface area contributed by atoms with Gasteiger partial charge in [-0.05, 0) is 13.3 Å². The molecular weight excluding hydrogens is 320 g/mol. The summed E-state index contributed by atoms with van der Waals surface area (Å²) in [6.07, 6.45) is 1.69. The van der Waals surface area contributed by atoms with Crippen LogP contribution in [0.3, 0.4) is 0 Å². The number of methoxy groups -OCH3 is 1. The van der Waals surface area contributed by atoms with Crippen LogP contribution in [0.15, 0.2) is 0 Å². The van der Waals surface area contributed by atoms with E-state index >= 15 is 0 Å². The number of aryl methyl sites for hydroxylation is 1. The summed E-state index contributed by atoms with van der Waals surface area (Å²) in [6, 6.07) is -0.185. The maximum absolute atomic E-state index is 12.3. The molecule has 1 aromatic heterocycles. The number of nitrogens with one attached hydrogen (secondary N) is 1. The zero-order valence-corrected chi connectivity index (χ0v) is 14.2. The summed E-state index contributed by atoms with van der Waals surface area (Å²) in [5.41, 5.74) is 0. The van der Waals surface area contributed by atoms with E-state index < -0.39 is 0 Å². The van der Waals surface area contributed by atoms with Crippen LogP contribution in [0.5, 0.6) is 0 Å². The molecule has 2 heterocycles. The third-order valence-corrected chi connectivity index (χ3v) is 4.52. The van der Waals surface area contributed by atoms with Crippen LogP contribution >= 0.6 is 11.3 Å². The van der Waals surface area contributed by atoms with E-state index in [1.165, 1.54) is 18.4 Å². The van der Waals surface area contributed by atoms with E-state index in [1.807, 2.05) is 6.92 Å². The summed E-state index contributed by atoms with van der Waals surface area (Å²) in [6.45, 7) is 4.72. The number of nitrogens with zero attached hydrogens (tertiary/aromatic N) is 3. The Morgan fingerprint density at radius 3 is 2.96 bits per heavy atom. The number of ether oxygens (including phenoxy) is 2. The first-order valence-corrected chi connectivity index (χ1v) is 8.46. The summed E-state index contributed by atoms with van der Waals surface area (Å²) < 4.78 is 9.93. The molecule has 1 saturated heterocycles. The lowest BCUT2D eigenvalue weighted by atomic mass is 10.1. The first-order valence-electron chi connectivity index (χ1n) is 7.65. The molecule has 2 rings (SSSR count). The Balaban J connectivity index is 1.83. The van der Waals surface area contributed by atoms with Gasteiger partial charge in [0.2, 0.25) is 5.13 Å². The van der Waals surface area contributed by atoms with Crippen molar-refractivity contribution in [2.24, 2.45) is 5.92 Å². The van der Waals surface area contributed by atoms with Crippen molar-refractivity contribution in [1.29, 1.82) is 0 Å². The van der Waals surface area contributed by atoms with Crippen molar-refractivity contribution >= 4 is 28.5 Å². The number of aromatic nitrogens is 2. The molecule has 128 valence electrons. The molecule has 0 unspecified atom stereocenters. The number of hydrogen-bond donors (Lipinski definition) is 1. The Labute approximate surface area is 139 Å². The fourth-order valence-electron chi connectivity index (χ4n) is 2.28. The fourth-order valence-corrected chi connectivity index (χ4v) is 3.01. The third-order valence-electron chi connectivity index (χ3n) is 3.62. The highest BCUT2D eigenvalue weighted by molar-refractivity contribution is 7.15. The highest BCUT2D eigenvalue weighted by atomic mass is 32.1. The second-order valence-corrected chi connectivity index (χ2v) is 6.34. The van der Waals surface area contributed by atoms with Crippen molar-refractivity contribution in [3.63, 3.8) is 0 Å². The monoisotopic (exact) mass is 342 g/mol. The van der Waals surface area contributed by atoms with Crippen molar-refractivity contribution < 1.29 is 19.1 Å². The van der Waals surface area contributed by atoms with Crippen LogP contribution in [0, 0.1) is 5.92 Å². The number of amides is 2. The molecule has 1 aromatic rings. The predicted octanol–water partition coefficient (Wildman–Crippen LogP) is 1.53. The number of esters is 1. The smallest absolute Gasteiger partial charge is 0.323 e. The molecule has 1 fully saturated rings. The summed E-state index contributed by atoms with van der Waals surface area (Å²) in [5.74, 6) is 0.104. The summed E-state index contributed by atoms with van der Waals surface area (Å²) in [4.78, 5) is 25.1. The van der Waals surface area contributed by atoms with Gasteiger partial charge in [0.15, 0.2) is 0 Å². The van der Waals surface area contributed by atoms with Gasteiger partial charge in [-0.15, -0.1) is 10.2 Å². The Hall–Kier alpha value is -1.74. The van der Waals surface area contributed by atoms with Gasteiger partial charge in [0.25, 0.3) is 0 Å². The van der Waals surface area contributed by atoms with Gasteiger partial charge in [0, 0.05) is 32.0 Å². The molecule has 1 N–H and O–H groups in total. The molecule has 0 bridgehead atoms. The van der Waals surface area contributed by atoms with Gasteiger partial charge in [-0.2, -0.15) is 0 Å². The minimum atomic E-state index is -0.290. The van der Waals surface area contributed by atoms with Crippen LogP contribution in [0.4, 0.5) is 9.93 Å². The highest BCUT2D eigenvalue weighted by Gasteiger charge is 2.22. The third kappa shape index (κ3) is 5.43. The van der Waals surface area contributed by atoms with E-state index in [2.05, 4.69) is 20.3 Å². The van der Waals surface area contributed by atoms with Crippen LogP contribution in [-0.4, -0.2) is 60.5 Å². The lowest BCUT2D eigenvalue weighted by Crippen LogP contribution is -2.38. The van der Waals surface area contributed by atoms with Gasteiger partial charge in [0.05, 0.1) is 20.1 Å². The Morgan fingerprint density at radius 2 is 2.30 bits per heavy atom. The molecule has 0 saturated carbocycles. The van der Waals surface area contributed by atoms with Gasteiger partial charge in [-0.25, -0.2) is 4.79 Å². The molecular formula is C14H22N4O4S. The van der Waals surface area contributed by atoms with Crippen LogP contribution in [0.2, 0.25) is 0 Å². The van der Waals surface area contributed by atoms with Crippen molar-refractivity contribution in [2.75, 3.05) is 38.7 Å². The van der Waals surface area contributed by atoms with Crippen LogP contribution in [0.25, 0.3) is 0 Å². The molecule has 8 nitrogen and oxygen atoms in total. The summed E-state index contributed by atoms with van der Waals surface area (Å²) in [7, 11) is 1.35. The Kier molecular flexibility index (Phi) is 6.72. The van der Waals surface area contributed by atoms with Gasteiger partial charge in [-0.1, -0.05) is 11.3 Å². The van der Waals surface area contributed by atoms with Crippen LogP contribution in [0.1, 0.15) is 24.8 Å². The van der Waals surface area contributed by atoms with Crippen molar-refractivity contribution in [3.8, 4) is 0 Å². The number of carbonyl (C=O) groups is 2. The number of anilines is 1. The van der Waals surface area contributed by atoms with E-state index in [1.54, 1.807) is 4.90 Å². The topological polar surface area (TPSA) is 93.6 Å². The van der Waals surface area contributed by atoms with Crippen molar-refractivity contribution in [3.05, 3.63) is 5.01 Å². The van der Waals surface area contributed by atoms with E-state index in [9.17, 15) is 9.59 Å². The second-order valence-electron chi connectivity index (χ2n) is 5.28. The Bertz CT molecular complexity index is 531. The number of urea groups is 1. The van der Waals surface area contributed by atoms with E-state index in [0.29, 0.717) is 42.2 Å². The van der Waals surface area contributed by atoms with E-state index in [0.717, 1.165) is 13.0 Å². The predicted molar refractivity (Wildman–Crippen MR) is 85.4 cm³/mol. The first-order chi connectivity index (χ1) is 11.1. The van der Waals surface area contributed by atoms with Gasteiger partial charge >= 0.3 is 12.0 Å². The van der Waals surface area contributed by atoms with Gasteiger partial charge in [0.1, 0.15) is 5.01 Å². The molecule has 0 aliphatic carbocycles. The zero-order valence-electron chi connectivity index (χ0n) is 13.4. The van der Waals surface area contributed by atoms with Crippen LogP contribution < -0.4 is 5.32 Å². The highest BCUT2D eigenvalue weighted by Crippen LogP contribution is 2.18. The lowest BCUT2D eigenvalue weighted by molar-refractivity contribution is -0.140. The lowest BCUT2D eigenvalue weighted by Gasteiger charge is -2.23. The van der Waals surface area contributed by atoms with Gasteiger partial charge in [-0.3, -0.25) is 10.1 Å². The molecule has 1 aliphatic rings. The average Bonchev–Trinajstić information content (AvgIpc) is 3.21. The molecule has 0 radical (unpaired) electrons. The molecule has 2 amide bonds. The van der Waals surface area contributed by atoms with Crippen LogP contribution in [-0.2, 0) is 20.7 Å². The SMILES string of the molecule is CCN(C[C@@H]1CCOC1)C(=O)Nc1nnc(CCC(=O)OC)s1. The standard InChI is InChI=1S/C14H22N4O4S/c1-3-18(8-10-6-7-22-9-10)14(20)15-13-17-16-11(23-13)4-5-12(19)21-2/h10H,3-9H2,1-2H3,(H,15,17,20)/t10-/m0/s1. The zero-order chi connectivity index (χ0) is 16.7. The first kappa shape index (κ1) is 17.6. The summed E-state index contributed by atoms with van der Waals surface area (Å²) >= 11 is 1.27. The molecule has 1 aliphatic heterocycles. The normalized spacial score (nSPS) is 17.0. The van der Waals surface area contributed by atoms with Crippen molar-refractivity contribution in [1.82, 2.24) is 15.1 Å². The molecule has 0 aromatic carbocycles. The molecule has 0 spiro atoms. The fraction of sp³-hybridized carbons (Fsp3) is 0.714. The number of carbonyl (C=O) groups excluding carboxylic acids is 2. The minimum absolute atomic E-state index is 0.185. The van der Waals surface area contributed by atoms with Gasteiger partial charge < -0.3 is 14.4 Å². The molecule has 1 atom stereocenters. The van der Waals surface area contributed by atoms with E-state index in [-0.39, 0.29) is 18.4 Å². The molecule has 9 heteroatoms. The van der Waals surface area contributed by atoms with E-state index in [4.69, 9.17) is 4.74 Å². The maximum atomic E-state index is 12.3. The average molecular weight is 342 g/mol. The maximum Gasteiger partial charge on any atom is 0.323 e. The summed E-state index contributed by atoms with van der Waals surface area (Å²) in [5, 5.41) is 11.8. The number of hydrogen-bond acceptors (Lipinski definition) is 7.